The van der Waals surface area contributed by atoms with Crippen LogP contribution >= 0.6 is 0 Å². The van der Waals surface area contributed by atoms with Crippen molar-refractivity contribution < 1.29 is 9.84 Å². The van der Waals surface area contributed by atoms with Crippen molar-refractivity contribution in [3.63, 3.8) is 0 Å². The minimum absolute atomic E-state index is 0.246. The Morgan fingerprint density at radius 1 is 1.08 bits per heavy atom. The first-order valence-corrected chi connectivity index (χ1v) is 8.43. The van der Waals surface area contributed by atoms with Gasteiger partial charge in [0.15, 0.2) is 0 Å². The molecule has 25 heavy (non-hydrogen) atoms. The SMILES string of the molecule is N#Cc1ccc(OCC(O)CN2CCN(c3ccncc3)CC2)cc1. The second kappa shape index (κ2) is 8.47. The number of nitriles is 1. The Labute approximate surface area is 147 Å². The van der Waals surface area contributed by atoms with E-state index in [2.05, 4.69) is 20.9 Å². The number of hydrogen-bond donors (Lipinski definition) is 1. The predicted molar refractivity (Wildman–Crippen MR) is 95.5 cm³/mol. The van der Waals surface area contributed by atoms with Crippen molar-refractivity contribution in [1.29, 1.82) is 5.26 Å². The number of hydrogen-bond acceptors (Lipinski definition) is 6. The molecule has 1 saturated heterocycles. The Morgan fingerprint density at radius 2 is 1.76 bits per heavy atom. The van der Waals surface area contributed by atoms with Gasteiger partial charge in [-0.05, 0) is 36.4 Å². The maximum atomic E-state index is 10.2. The molecule has 0 spiro atoms. The molecule has 1 fully saturated rings. The molecule has 2 heterocycles. The van der Waals surface area contributed by atoms with E-state index in [0.29, 0.717) is 17.9 Å². The van der Waals surface area contributed by atoms with Crippen LogP contribution in [0.3, 0.4) is 0 Å². The molecule has 1 unspecified atom stereocenters. The highest BCUT2D eigenvalue weighted by Gasteiger charge is 2.19. The second-order valence-corrected chi connectivity index (χ2v) is 6.09. The highest BCUT2D eigenvalue weighted by molar-refractivity contribution is 5.44. The van der Waals surface area contributed by atoms with Crippen LogP contribution in [0.15, 0.2) is 48.8 Å². The Morgan fingerprint density at radius 3 is 2.40 bits per heavy atom. The van der Waals surface area contributed by atoms with Crippen LogP contribution in [0.1, 0.15) is 5.56 Å². The van der Waals surface area contributed by atoms with Crippen LogP contribution < -0.4 is 9.64 Å². The lowest BCUT2D eigenvalue weighted by atomic mass is 10.2. The van der Waals surface area contributed by atoms with Gasteiger partial charge in [-0.15, -0.1) is 0 Å². The average molecular weight is 338 g/mol. The number of piperazine rings is 1. The molecular formula is C19H22N4O2. The van der Waals surface area contributed by atoms with Crippen LogP contribution in [0, 0.1) is 11.3 Å². The number of aromatic nitrogens is 1. The zero-order chi connectivity index (χ0) is 17.5. The summed E-state index contributed by atoms with van der Waals surface area (Å²) in [5.74, 6) is 0.667. The Kier molecular flexibility index (Phi) is 5.83. The molecule has 1 aliphatic rings. The van der Waals surface area contributed by atoms with Crippen molar-refractivity contribution in [2.75, 3.05) is 44.2 Å². The molecular weight excluding hydrogens is 316 g/mol. The highest BCUT2D eigenvalue weighted by Crippen LogP contribution is 2.15. The summed E-state index contributed by atoms with van der Waals surface area (Å²) in [6, 6.07) is 13.0. The molecule has 0 bridgehead atoms. The number of aliphatic hydroxyl groups excluding tert-OH is 1. The van der Waals surface area contributed by atoms with E-state index in [9.17, 15) is 5.11 Å². The van der Waals surface area contributed by atoms with Crippen molar-refractivity contribution in [1.82, 2.24) is 9.88 Å². The molecule has 0 aliphatic carbocycles. The number of aliphatic hydroxyl groups is 1. The second-order valence-electron chi connectivity index (χ2n) is 6.09. The zero-order valence-corrected chi connectivity index (χ0v) is 14.1. The fourth-order valence-corrected chi connectivity index (χ4v) is 2.91. The molecule has 1 N–H and O–H groups in total. The van der Waals surface area contributed by atoms with Crippen molar-refractivity contribution in [2.45, 2.75) is 6.10 Å². The van der Waals surface area contributed by atoms with Crippen LogP contribution in [-0.2, 0) is 0 Å². The molecule has 2 aromatic rings. The summed E-state index contributed by atoms with van der Waals surface area (Å²) in [4.78, 5) is 8.64. The van der Waals surface area contributed by atoms with Gasteiger partial charge >= 0.3 is 0 Å². The minimum atomic E-state index is -0.539. The molecule has 1 aromatic heterocycles. The lowest BCUT2D eigenvalue weighted by Crippen LogP contribution is -2.49. The first kappa shape index (κ1) is 17.2. The molecule has 0 radical (unpaired) electrons. The maximum Gasteiger partial charge on any atom is 0.119 e. The summed E-state index contributed by atoms with van der Waals surface area (Å²) in [5.41, 5.74) is 1.79. The van der Waals surface area contributed by atoms with E-state index in [4.69, 9.17) is 10.00 Å². The van der Waals surface area contributed by atoms with Gasteiger partial charge in [-0.25, -0.2) is 0 Å². The van der Waals surface area contributed by atoms with Crippen LogP contribution in [0.5, 0.6) is 5.75 Å². The standard InChI is InChI=1S/C19H22N4O2/c20-13-16-1-3-19(4-2-16)25-15-18(24)14-22-9-11-23(12-10-22)17-5-7-21-8-6-17/h1-8,18,24H,9-12,14-15H2. The monoisotopic (exact) mass is 338 g/mol. The van der Waals surface area contributed by atoms with E-state index in [1.807, 2.05) is 24.5 Å². The molecule has 1 aromatic carbocycles. The van der Waals surface area contributed by atoms with E-state index in [1.54, 1.807) is 24.3 Å². The zero-order valence-electron chi connectivity index (χ0n) is 14.1. The summed E-state index contributed by atoms with van der Waals surface area (Å²) >= 11 is 0. The number of β-amino-alcohol motifs (C(OH)–C–C–N with tert-alkyl or cyclic N) is 1. The lowest BCUT2D eigenvalue weighted by molar-refractivity contribution is 0.0663. The normalized spacial score (nSPS) is 16.2. The molecule has 1 aliphatic heterocycles. The van der Waals surface area contributed by atoms with Gasteiger partial charge in [0.05, 0.1) is 11.6 Å². The first-order valence-electron chi connectivity index (χ1n) is 8.43. The minimum Gasteiger partial charge on any atom is -0.491 e. The van der Waals surface area contributed by atoms with E-state index in [1.165, 1.54) is 5.69 Å². The molecule has 3 rings (SSSR count). The summed E-state index contributed by atoms with van der Waals surface area (Å²) in [7, 11) is 0. The number of rotatable bonds is 6. The fourth-order valence-electron chi connectivity index (χ4n) is 2.91. The number of nitrogens with zero attached hydrogens (tertiary/aromatic N) is 4. The van der Waals surface area contributed by atoms with Crippen LogP contribution in [0.4, 0.5) is 5.69 Å². The highest BCUT2D eigenvalue weighted by atomic mass is 16.5. The van der Waals surface area contributed by atoms with Crippen molar-refractivity contribution in [3.05, 3.63) is 54.4 Å². The quantitative estimate of drug-likeness (QED) is 0.861. The number of ether oxygens (including phenoxy) is 1. The summed E-state index contributed by atoms with van der Waals surface area (Å²) in [5, 5.41) is 19.0. The number of anilines is 1. The van der Waals surface area contributed by atoms with Gasteiger partial charge in [-0.2, -0.15) is 5.26 Å². The van der Waals surface area contributed by atoms with E-state index >= 15 is 0 Å². The number of pyridine rings is 1. The van der Waals surface area contributed by atoms with Crippen molar-refractivity contribution in [3.8, 4) is 11.8 Å². The number of benzene rings is 1. The van der Waals surface area contributed by atoms with E-state index in [0.717, 1.165) is 26.2 Å². The molecule has 0 saturated carbocycles. The van der Waals surface area contributed by atoms with Gasteiger partial charge in [-0.3, -0.25) is 9.88 Å². The largest absolute Gasteiger partial charge is 0.491 e. The Hall–Kier alpha value is -2.62. The van der Waals surface area contributed by atoms with Gasteiger partial charge < -0.3 is 14.7 Å². The molecule has 0 amide bonds. The molecule has 1 atom stereocenters. The summed E-state index contributed by atoms with van der Waals surface area (Å²) < 4.78 is 5.60. The Balaban J connectivity index is 1.40. The van der Waals surface area contributed by atoms with Crippen LogP contribution in [-0.4, -0.2) is 60.4 Å². The van der Waals surface area contributed by atoms with Gasteiger partial charge in [0.2, 0.25) is 0 Å². The molecule has 130 valence electrons. The van der Waals surface area contributed by atoms with Gasteiger partial charge in [0.1, 0.15) is 18.5 Å². The average Bonchev–Trinajstić information content (AvgIpc) is 2.68. The predicted octanol–water partition coefficient (Wildman–Crippen LogP) is 1.52. The topological polar surface area (TPSA) is 72.6 Å². The fraction of sp³-hybridized carbons (Fsp3) is 0.368. The van der Waals surface area contributed by atoms with Crippen molar-refractivity contribution in [2.24, 2.45) is 0 Å². The summed E-state index contributed by atoms with van der Waals surface area (Å²) in [6.45, 7) is 4.55. The first-order chi connectivity index (χ1) is 12.2. The third-order valence-electron chi connectivity index (χ3n) is 4.29. The summed E-state index contributed by atoms with van der Waals surface area (Å²) in [6.07, 6.45) is 3.08. The van der Waals surface area contributed by atoms with E-state index < -0.39 is 6.10 Å². The van der Waals surface area contributed by atoms with Gasteiger partial charge in [0.25, 0.3) is 0 Å². The third-order valence-corrected chi connectivity index (χ3v) is 4.29. The molecule has 6 heteroatoms. The Bertz CT molecular complexity index is 692. The van der Waals surface area contributed by atoms with E-state index in [-0.39, 0.29) is 6.61 Å². The van der Waals surface area contributed by atoms with Crippen LogP contribution in [0.25, 0.3) is 0 Å². The van der Waals surface area contributed by atoms with Gasteiger partial charge in [-0.1, -0.05) is 0 Å². The smallest absolute Gasteiger partial charge is 0.119 e. The maximum absolute atomic E-state index is 10.2. The molecule has 6 nitrogen and oxygen atoms in total. The lowest BCUT2D eigenvalue weighted by Gasteiger charge is -2.36. The third kappa shape index (κ3) is 4.92. The van der Waals surface area contributed by atoms with Crippen LogP contribution in [0.2, 0.25) is 0 Å². The van der Waals surface area contributed by atoms with Gasteiger partial charge in [0, 0.05) is 50.8 Å². The van der Waals surface area contributed by atoms with Crippen molar-refractivity contribution >= 4 is 5.69 Å².